The molecule has 1 saturated heterocycles. The molecule has 0 aromatic carbocycles. The van der Waals surface area contributed by atoms with Gasteiger partial charge in [0, 0.05) is 58.4 Å². The van der Waals surface area contributed by atoms with Gasteiger partial charge in [-0.2, -0.15) is 4.31 Å². The highest BCUT2D eigenvalue weighted by Gasteiger charge is 2.29. The second-order valence-electron chi connectivity index (χ2n) is 7.44. The molecule has 1 aliphatic heterocycles. The second kappa shape index (κ2) is 9.72. The Morgan fingerprint density at radius 1 is 1.33 bits per heavy atom. The number of carbonyl (C=O) groups is 1. The topological polar surface area (TPSA) is 84.7 Å². The van der Waals surface area contributed by atoms with Crippen LogP contribution in [0.15, 0.2) is 41.7 Å². The van der Waals surface area contributed by atoms with Crippen molar-refractivity contribution in [2.75, 3.05) is 26.2 Å². The first-order valence-electron chi connectivity index (χ1n) is 10.3. The fraction of sp³-hybridized carbons (Fsp3) is 0.524. The Kier molecular flexibility index (Phi) is 7.27. The quantitative estimate of drug-likeness (QED) is 0.604. The summed E-state index contributed by atoms with van der Waals surface area (Å²) >= 11 is 0. The molecule has 0 aliphatic carbocycles. The van der Waals surface area contributed by atoms with Gasteiger partial charge in [0.1, 0.15) is 10.6 Å². The highest BCUT2D eigenvalue weighted by molar-refractivity contribution is 7.89. The van der Waals surface area contributed by atoms with E-state index in [1.165, 1.54) is 16.6 Å². The number of carbonyl (C=O) groups excluding carboxylic acids is 1. The molecule has 2 aromatic rings. The number of nitrogens with zero attached hydrogens (tertiary/aromatic N) is 4. The van der Waals surface area contributed by atoms with Gasteiger partial charge >= 0.3 is 0 Å². The molecule has 1 amide bonds. The first-order valence-corrected chi connectivity index (χ1v) is 11.8. The molecule has 3 rings (SSSR count). The first-order chi connectivity index (χ1) is 14.4. The minimum Gasteiger partial charge on any atom is -0.376 e. The van der Waals surface area contributed by atoms with Crippen LogP contribution in [0.4, 0.5) is 0 Å². The van der Waals surface area contributed by atoms with Crippen molar-refractivity contribution >= 4 is 15.9 Å². The minimum atomic E-state index is -3.64. The predicted molar refractivity (Wildman–Crippen MR) is 113 cm³/mol. The van der Waals surface area contributed by atoms with E-state index in [-0.39, 0.29) is 16.9 Å². The number of ether oxygens (including phenoxy) is 1. The van der Waals surface area contributed by atoms with Gasteiger partial charge in [-0.05, 0) is 30.5 Å². The zero-order chi connectivity index (χ0) is 21.7. The van der Waals surface area contributed by atoms with Crippen LogP contribution in [0.2, 0.25) is 0 Å². The lowest BCUT2D eigenvalue weighted by molar-refractivity contribution is 0.0500. The van der Waals surface area contributed by atoms with Gasteiger partial charge in [0.05, 0.1) is 6.10 Å². The van der Waals surface area contributed by atoms with E-state index in [0.717, 1.165) is 18.4 Å². The molecule has 164 valence electrons. The van der Waals surface area contributed by atoms with Crippen LogP contribution in [0, 0.1) is 0 Å². The van der Waals surface area contributed by atoms with Crippen LogP contribution in [0.25, 0.3) is 0 Å². The van der Waals surface area contributed by atoms with Gasteiger partial charge in [-0.25, -0.2) is 8.42 Å². The van der Waals surface area contributed by atoms with Crippen LogP contribution < -0.4 is 0 Å². The monoisotopic (exact) mass is 434 g/mol. The van der Waals surface area contributed by atoms with Crippen LogP contribution in [0.3, 0.4) is 0 Å². The van der Waals surface area contributed by atoms with Crippen molar-refractivity contribution in [1.82, 2.24) is 18.8 Å². The normalized spacial score (nSPS) is 16.9. The van der Waals surface area contributed by atoms with Gasteiger partial charge < -0.3 is 14.2 Å². The Morgan fingerprint density at radius 3 is 2.70 bits per heavy atom. The van der Waals surface area contributed by atoms with E-state index >= 15 is 0 Å². The summed E-state index contributed by atoms with van der Waals surface area (Å²) in [7, 11) is -1.94. The SMILES string of the molecule is CCN(CC)S(=O)(=O)c1cc(C(=O)N(Cc2cccnc2)CC2CCCO2)n(C)c1. The molecule has 1 aliphatic rings. The molecule has 0 N–H and O–H groups in total. The molecule has 3 heterocycles. The van der Waals surface area contributed by atoms with E-state index in [0.29, 0.717) is 38.5 Å². The molecule has 1 atom stereocenters. The van der Waals surface area contributed by atoms with Crippen molar-refractivity contribution in [2.45, 2.75) is 44.2 Å². The number of hydrogen-bond acceptors (Lipinski definition) is 5. The Labute approximate surface area is 178 Å². The summed E-state index contributed by atoms with van der Waals surface area (Å²) in [6.45, 7) is 5.90. The van der Waals surface area contributed by atoms with Gasteiger partial charge in [-0.15, -0.1) is 0 Å². The molecule has 2 aromatic heterocycles. The Morgan fingerprint density at radius 2 is 2.10 bits per heavy atom. The van der Waals surface area contributed by atoms with Crippen LogP contribution in [-0.2, 0) is 28.4 Å². The molecule has 0 spiro atoms. The molecular formula is C21H30N4O4S. The Balaban J connectivity index is 1.89. The smallest absolute Gasteiger partial charge is 0.270 e. The third-order valence-electron chi connectivity index (χ3n) is 5.37. The van der Waals surface area contributed by atoms with Crippen molar-refractivity contribution in [3.05, 3.63) is 48.0 Å². The predicted octanol–water partition coefficient (Wildman–Crippen LogP) is 2.27. The van der Waals surface area contributed by atoms with Crippen LogP contribution in [0.5, 0.6) is 0 Å². The lowest BCUT2D eigenvalue weighted by Gasteiger charge is -2.25. The van der Waals surface area contributed by atoms with E-state index in [9.17, 15) is 13.2 Å². The number of rotatable bonds is 9. The fourth-order valence-corrected chi connectivity index (χ4v) is 5.26. The summed E-state index contributed by atoms with van der Waals surface area (Å²) in [6.07, 6.45) is 6.82. The zero-order valence-corrected chi connectivity index (χ0v) is 18.6. The maximum absolute atomic E-state index is 13.4. The molecule has 8 nitrogen and oxygen atoms in total. The number of aryl methyl sites for hydroxylation is 1. The van der Waals surface area contributed by atoms with Gasteiger partial charge in [-0.1, -0.05) is 19.9 Å². The largest absolute Gasteiger partial charge is 0.376 e. The van der Waals surface area contributed by atoms with E-state index in [4.69, 9.17) is 4.74 Å². The third kappa shape index (κ3) is 4.91. The molecule has 30 heavy (non-hydrogen) atoms. The number of amides is 1. The molecule has 0 radical (unpaired) electrons. The van der Waals surface area contributed by atoms with Crippen molar-refractivity contribution in [2.24, 2.45) is 7.05 Å². The van der Waals surface area contributed by atoms with Crippen molar-refractivity contribution < 1.29 is 17.9 Å². The minimum absolute atomic E-state index is 0.00947. The van der Waals surface area contributed by atoms with Crippen LogP contribution >= 0.6 is 0 Å². The Hall–Kier alpha value is -2.23. The summed E-state index contributed by atoms with van der Waals surface area (Å²) in [5, 5.41) is 0. The summed E-state index contributed by atoms with van der Waals surface area (Å²) in [5.74, 6) is -0.224. The standard InChI is InChI=1S/C21H30N4O4S/c1-4-25(5-2)30(27,28)19-12-20(23(3)16-19)21(26)24(15-18-9-7-11-29-18)14-17-8-6-10-22-13-17/h6,8,10,12-13,16,18H,4-5,7,9,11,14-15H2,1-3H3. The first kappa shape index (κ1) is 22.5. The van der Waals surface area contributed by atoms with Gasteiger partial charge in [0.25, 0.3) is 5.91 Å². The lowest BCUT2D eigenvalue weighted by atomic mass is 10.2. The highest BCUT2D eigenvalue weighted by Crippen LogP contribution is 2.22. The van der Waals surface area contributed by atoms with Crippen LogP contribution in [-0.4, -0.2) is 65.4 Å². The zero-order valence-electron chi connectivity index (χ0n) is 17.8. The summed E-state index contributed by atoms with van der Waals surface area (Å²) < 4.78 is 34.5. The Bertz CT molecular complexity index is 949. The number of hydrogen-bond donors (Lipinski definition) is 0. The molecular weight excluding hydrogens is 404 g/mol. The maximum Gasteiger partial charge on any atom is 0.270 e. The molecule has 0 saturated carbocycles. The summed E-state index contributed by atoms with van der Waals surface area (Å²) in [4.78, 5) is 19.4. The maximum atomic E-state index is 13.4. The summed E-state index contributed by atoms with van der Waals surface area (Å²) in [6, 6.07) is 5.23. The van der Waals surface area contributed by atoms with Crippen molar-refractivity contribution in [3.63, 3.8) is 0 Å². The lowest BCUT2D eigenvalue weighted by Crippen LogP contribution is -2.37. The average molecular weight is 435 g/mol. The molecule has 9 heteroatoms. The van der Waals surface area contributed by atoms with Crippen LogP contribution in [0.1, 0.15) is 42.7 Å². The number of pyridine rings is 1. The fourth-order valence-electron chi connectivity index (χ4n) is 3.73. The van der Waals surface area contributed by atoms with E-state index in [1.54, 1.807) is 42.8 Å². The average Bonchev–Trinajstić information content (AvgIpc) is 3.38. The summed E-state index contributed by atoms with van der Waals surface area (Å²) in [5.41, 5.74) is 1.25. The van der Waals surface area contributed by atoms with Crippen molar-refractivity contribution in [1.29, 1.82) is 0 Å². The van der Waals surface area contributed by atoms with E-state index < -0.39 is 10.0 Å². The molecule has 1 unspecified atom stereocenters. The van der Waals surface area contributed by atoms with Gasteiger partial charge in [-0.3, -0.25) is 9.78 Å². The number of sulfonamides is 1. The third-order valence-corrected chi connectivity index (χ3v) is 7.39. The van der Waals surface area contributed by atoms with Crippen molar-refractivity contribution in [3.8, 4) is 0 Å². The number of aromatic nitrogens is 2. The van der Waals surface area contributed by atoms with E-state index in [1.807, 2.05) is 12.1 Å². The van der Waals surface area contributed by atoms with Gasteiger partial charge in [0.2, 0.25) is 10.0 Å². The van der Waals surface area contributed by atoms with Gasteiger partial charge in [0.15, 0.2) is 0 Å². The molecule has 0 bridgehead atoms. The second-order valence-corrected chi connectivity index (χ2v) is 9.38. The highest BCUT2D eigenvalue weighted by atomic mass is 32.2. The van der Waals surface area contributed by atoms with E-state index in [2.05, 4.69) is 4.98 Å². The molecule has 1 fully saturated rings.